The Balaban J connectivity index is 3.21. The lowest BCUT2D eigenvalue weighted by atomic mass is 10.1. The van der Waals surface area contributed by atoms with Crippen LogP contribution in [-0.4, -0.2) is 19.3 Å². The summed E-state index contributed by atoms with van der Waals surface area (Å²) in [6, 6.07) is -0.627. The third kappa shape index (κ3) is 1.57. The predicted molar refractivity (Wildman–Crippen MR) is 42.6 cm³/mol. The second-order valence-electron chi connectivity index (χ2n) is 1.96. The fourth-order valence-corrected chi connectivity index (χ4v) is 1.29. The van der Waals surface area contributed by atoms with Crippen molar-refractivity contribution in [1.82, 2.24) is 0 Å². The van der Waals surface area contributed by atoms with E-state index in [-0.39, 0.29) is 4.86 Å². The van der Waals surface area contributed by atoms with Crippen LogP contribution in [0.2, 0.25) is 0 Å². The molecular weight excluding hydrogens is 162 g/mol. The Labute approximate surface area is 66.0 Å². The maximum absolute atomic E-state index is 10.5. The number of hydrogen-bond donors (Lipinski definition) is 0. The fraction of sp³-hybridized carbons (Fsp3) is 0.143. The Kier molecular flexibility index (Phi) is 2.24. The zero-order chi connectivity index (χ0) is 8.27. The van der Waals surface area contributed by atoms with Gasteiger partial charge in [0, 0.05) is 6.08 Å². The molecule has 0 saturated heterocycles. The number of hydrogen-bond acceptors (Lipinski definition) is 2. The molecule has 0 aliphatic heterocycles. The van der Waals surface area contributed by atoms with Gasteiger partial charge in [-0.3, -0.25) is 0 Å². The van der Waals surface area contributed by atoms with Gasteiger partial charge in [-0.2, -0.15) is 8.42 Å². The van der Waals surface area contributed by atoms with Crippen LogP contribution in [-0.2, 0) is 10.3 Å². The average Bonchev–Trinajstić information content (AvgIpc) is 2.04. The Hall–Kier alpha value is -1.34. The van der Waals surface area contributed by atoms with E-state index in [0.29, 0.717) is 0 Å². The molecule has 0 N–H and O–H groups in total. The van der Waals surface area contributed by atoms with Crippen LogP contribution in [0.3, 0.4) is 0 Å². The molecule has 0 aromatic heterocycles. The molecule has 0 bridgehead atoms. The highest BCUT2D eigenvalue weighted by Gasteiger charge is 2.17. The lowest BCUT2D eigenvalue weighted by molar-refractivity contribution is 0.627. The molecule has 0 amide bonds. The highest BCUT2D eigenvalue weighted by molar-refractivity contribution is 7.73. The first-order chi connectivity index (χ1) is 5.25. The first kappa shape index (κ1) is 7.76. The van der Waals surface area contributed by atoms with Crippen LogP contribution in [0.15, 0.2) is 24.3 Å². The summed E-state index contributed by atoms with van der Waals surface area (Å²) in [6.45, 7) is 6.67. The quantitative estimate of drug-likeness (QED) is 0.388. The molecule has 1 aliphatic rings. The van der Waals surface area contributed by atoms with Crippen LogP contribution in [0, 0.1) is 6.57 Å². The standard InChI is InChI=1S/C7H5NO2S/c1-8-6-4-2-3-5-7(6)11(9)10/h2-6H. The van der Waals surface area contributed by atoms with E-state index >= 15 is 0 Å². The minimum absolute atomic E-state index is 0.141. The summed E-state index contributed by atoms with van der Waals surface area (Å²) in [5.41, 5.74) is 0. The molecule has 0 spiro atoms. The summed E-state index contributed by atoms with van der Waals surface area (Å²) in [5, 5.41) is 0. The van der Waals surface area contributed by atoms with E-state index in [1.54, 1.807) is 18.2 Å². The van der Waals surface area contributed by atoms with Crippen LogP contribution in [0.1, 0.15) is 0 Å². The molecule has 3 nitrogen and oxygen atoms in total. The van der Waals surface area contributed by atoms with Crippen LogP contribution in [0.5, 0.6) is 0 Å². The van der Waals surface area contributed by atoms with Gasteiger partial charge in [0.1, 0.15) is 0 Å². The highest BCUT2D eigenvalue weighted by Crippen LogP contribution is 2.03. The van der Waals surface area contributed by atoms with E-state index in [1.807, 2.05) is 0 Å². The first-order valence-electron chi connectivity index (χ1n) is 2.93. The van der Waals surface area contributed by atoms with Crippen LogP contribution in [0.4, 0.5) is 0 Å². The van der Waals surface area contributed by atoms with E-state index in [4.69, 9.17) is 6.57 Å². The smallest absolute Gasteiger partial charge is 0.281 e. The van der Waals surface area contributed by atoms with Gasteiger partial charge in [0.05, 0.1) is 0 Å². The number of nitrogens with zero attached hydrogens (tertiary/aromatic N) is 1. The molecule has 0 radical (unpaired) electrons. The molecule has 1 aliphatic carbocycles. The molecule has 1 rings (SSSR count). The van der Waals surface area contributed by atoms with Gasteiger partial charge in [-0.1, -0.05) is 12.2 Å². The van der Waals surface area contributed by atoms with E-state index in [0.717, 1.165) is 0 Å². The van der Waals surface area contributed by atoms with Crippen molar-refractivity contribution in [1.29, 1.82) is 0 Å². The van der Waals surface area contributed by atoms with Crippen molar-refractivity contribution in [3.8, 4) is 0 Å². The molecule has 11 heavy (non-hydrogen) atoms. The lowest BCUT2D eigenvalue weighted by Crippen LogP contribution is -2.14. The molecule has 1 atom stereocenters. The highest BCUT2D eigenvalue weighted by atomic mass is 32.2. The molecule has 0 aromatic rings. The SMILES string of the molecule is [C-]#[N+]C1C=CC=CC1=S(=O)=O. The Morgan fingerprint density at radius 2 is 2.18 bits per heavy atom. The van der Waals surface area contributed by atoms with Crippen LogP contribution >= 0.6 is 0 Å². The van der Waals surface area contributed by atoms with Crippen LogP contribution in [0.25, 0.3) is 4.85 Å². The predicted octanol–water partition coefficient (Wildman–Crippen LogP) is 0.452. The van der Waals surface area contributed by atoms with Gasteiger partial charge in [-0.25, -0.2) is 6.57 Å². The zero-order valence-electron chi connectivity index (χ0n) is 5.56. The number of allylic oxidation sites excluding steroid dienone is 2. The van der Waals surface area contributed by atoms with Crippen molar-refractivity contribution in [2.24, 2.45) is 0 Å². The second kappa shape index (κ2) is 3.17. The summed E-state index contributed by atoms with van der Waals surface area (Å²) in [5.74, 6) is 0. The van der Waals surface area contributed by atoms with Crippen molar-refractivity contribution in [2.75, 3.05) is 0 Å². The zero-order valence-corrected chi connectivity index (χ0v) is 6.38. The molecule has 4 heteroatoms. The third-order valence-electron chi connectivity index (χ3n) is 1.29. The Morgan fingerprint density at radius 1 is 1.45 bits per heavy atom. The maximum atomic E-state index is 10.5. The van der Waals surface area contributed by atoms with Gasteiger partial charge in [0.15, 0.2) is 4.86 Å². The summed E-state index contributed by atoms with van der Waals surface area (Å²) in [6.07, 6.45) is 6.26. The van der Waals surface area contributed by atoms with Crippen molar-refractivity contribution < 1.29 is 8.42 Å². The summed E-state index contributed by atoms with van der Waals surface area (Å²) in [4.78, 5) is 3.27. The van der Waals surface area contributed by atoms with E-state index in [2.05, 4.69) is 4.85 Å². The first-order valence-corrected chi connectivity index (χ1v) is 4.00. The Morgan fingerprint density at radius 3 is 2.64 bits per heavy atom. The van der Waals surface area contributed by atoms with E-state index in [9.17, 15) is 8.42 Å². The fourth-order valence-electron chi connectivity index (χ4n) is 0.774. The molecule has 0 fully saturated rings. The third-order valence-corrected chi connectivity index (χ3v) is 2.05. The molecular formula is C7H5NO2S. The lowest BCUT2D eigenvalue weighted by Gasteiger charge is -1.98. The maximum Gasteiger partial charge on any atom is 0.281 e. The van der Waals surface area contributed by atoms with Gasteiger partial charge in [-0.05, 0) is 6.08 Å². The van der Waals surface area contributed by atoms with Crippen molar-refractivity contribution >= 4 is 15.2 Å². The monoisotopic (exact) mass is 167 g/mol. The van der Waals surface area contributed by atoms with E-state index < -0.39 is 16.3 Å². The van der Waals surface area contributed by atoms with Gasteiger partial charge < -0.3 is 4.85 Å². The van der Waals surface area contributed by atoms with E-state index in [1.165, 1.54) is 6.08 Å². The van der Waals surface area contributed by atoms with Crippen molar-refractivity contribution in [2.45, 2.75) is 6.04 Å². The minimum Gasteiger partial charge on any atom is -0.303 e. The number of rotatable bonds is 0. The average molecular weight is 167 g/mol. The molecule has 56 valence electrons. The van der Waals surface area contributed by atoms with Gasteiger partial charge in [0.25, 0.3) is 6.04 Å². The summed E-state index contributed by atoms with van der Waals surface area (Å²) in [7, 11) is -2.27. The topological polar surface area (TPSA) is 38.5 Å². The summed E-state index contributed by atoms with van der Waals surface area (Å²) >= 11 is 0. The summed E-state index contributed by atoms with van der Waals surface area (Å²) < 4.78 is 20.9. The molecule has 1 unspecified atom stereocenters. The van der Waals surface area contributed by atoms with Crippen molar-refractivity contribution in [3.05, 3.63) is 35.7 Å². The van der Waals surface area contributed by atoms with Crippen LogP contribution < -0.4 is 0 Å². The normalized spacial score (nSPS) is 21.4. The second-order valence-corrected chi connectivity index (χ2v) is 2.90. The molecule has 0 saturated carbocycles. The largest absolute Gasteiger partial charge is 0.303 e. The minimum atomic E-state index is -2.27. The molecule has 0 aromatic carbocycles. The van der Waals surface area contributed by atoms with Gasteiger partial charge >= 0.3 is 0 Å². The van der Waals surface area contributed by atoms with Crippen molar-refractivity contribution in [3.63, 3.8) is 0 Å². The van der Waals surface area contributed by atoms with Gasteiger partial charge in [-0.15, -0.1) is 0 Å². The Bertz CT molecular complexity index is 373. The molecule has 0 heterocycles. The van der Waals surface area contributed by atoms with Gasteiger partial charge in [0.2, 0.25) is 10.3 Å².